The van der Waals surface area contributed by atoms with Gasteiger partial charge in [0.1, 0.15) is 0 Å². The van der Waals surface area contributed by atoms with Gasteiger partial charge in [-0.2, -0.15) is 0 Å². The van der Waals surface area contributed by atoms with Gasteiger partial charge in [0.2, 0.25) is 0 Å². The molecular weight excluding hydrogens is 233 g/mol. The third-order valence-corrected chi connectivity index (χ3v) is 2.25. The van der Waals surface area contributed by atoms with Crippen molar-refractivity contribution in [3.8, 4) is 0 Å². The molecule has 1 aromatic rings. The van der Waals surface area contributed by atoms with Crippen molar-refractivity contribution in [2.24, 2.45) is 0 Å². The highest BCUT2D eigenvalue weighted by Crippen LogP contribution is 2.18. The summed E-state index contributed by atoms with van der Waals surface area (Å²) in [7, 11) is 0. The Hall–Kier alpha value is -0.280. The minimum absolute atomic E-state index is 0.525. The van der Waals surface area contributed by atoms with Crippen LogP contribution in [0.4, 0.5) is 0 Å². The number of benzene rings is 1. The fraction of sp³-hybridized carbons (Fsp3) is 0.455. The van der Waals surface area contributed by atoms with Crippen molar-refractivity contribution >= 4 is 23.2 Å². The van der Waals surface area contributed by atoms with Crippen molar-refractivity contribution in [3.63, 3.8) is 0 Å². The van der Waals surface area contributed by atoms with Gasteiger partial charge < -0.3 is 10.4 Å². The first-order valence-corrected chi connectivity index (χ1v) is 5.50. The van der Waals surface area contributed by atoms with Crippen LogP contribution in [-0.4, -0.2) is 17.3 Å². The first-order valence-electron chi connectivity index (χ1n) is 4.75. The van der Waals surface area contributed by atoms with E-state index in [4.69, 9.17) is 23.2 Å². The first kappa shape index (κ1) is 12.8. The summed E-state index contributed by atoms with van der Waals surface area (Å²) in [4.78, 5) is 0. The number of hydrogen-bond donors (Lipinski definition) is 2. The first-order chi connectivity index (χ1) is 6.87. The lowest BCUT2D eigenvalue weighted by molar-refractivity contribution is 0.0795. The standard InChI is InChI=1S/C11H15Cl2NO/c1-11(2,15)7-14-6-8-3-9(12)5-10(13)4-8/h3-5,14-15H,6-7H2,1-2H3. The molecule has 1 aromatic carbocycles. The zero-order chi connectivity index (χ0) is 11.5. The average molecular weight is 248 g/mol. The molecular formula is C11H15Cl2NO. The Kier molecular flexibility index (Phi) is 4.41. The van der Waals surface area contributed by atoms with Crippen LogP contribution in [0.25, 0.3) is 0 Å². The summed E-state index contributed by atoms with van der Waals surface area (Å²) in [6.45, 7) is 4.68. The molecule has 2 N–H and O–H groups in total. The number of rotatable bonds is 4. The molecule has 15 heavy (non-hydrogen) atoms. The molecule has 0 saturated heterocycles. The second kappa shape index (κ2) is 5.17. The van der Waals surface area contributed by atoms with Crippen LogP contribution in [0, 0.1) is 0 Å². The molecule has 0 aliphatic heterocycles. The topological polar surface area (TPSA) is 32.3 Å². The molecule has 1 rings (SSSR count). The van der Waals surface area contributed by atoms with Gasteiger partial charge in [0.25, 0.3) is 0 Å². The number of halogens is 2. The van der Waals surface area contributed by atoms with Gasteiger partial charge in [0.15, 0.2) is 0 Å². The van der Waals surface area contributed by atoms with E-state index in [1.807, 2.05) is 12.1 Å². The maximum absolute atomic E-state index is 9.49. The maximum Gasteiger partial charge on any atom is 0.0715 e. The van der Waals surface area contributed by atoms with Crippen LogP contribution in [0.15, 0.2) is 18.2 Å². The number of aliphatic hydroxyl groups is 1. The van der Waals surface area contributed by atoms with Gasteiger partial charge in [-0.15, -0.1) is 0 Å². The van der Waals surface area contributed by atoms with Crippen molar-refractivity contribution in [2.45, 2.75) is 26.0 Å². The van der Waals surface area contributed by atoms with Gasteiger partial charge in [-0.1, -0.05) is 23.2 Å². The average Bonchev–Trinajstić information content (AvgIpc) is 1.99. The van der Waals surface area contributed by atoms with Crippen LogP contribution >= 0.6 is 23.2 Å². The highest BCUT2D eigenvalue weighted by molar-refractivity contribution is 6.34. The van der Waals surface area contributed by atoms with Crippen LogP contribution in [0.1, 0.15) is 19.4 Å². The van der Waals surface area contributed by atoms with Gasteiger partial charge in [0, 0.05) is 23.1 Å². The van der Waals surface area contributed by atoms with E-state index < -0.39 is 5.60 Å². The molecule has 0 aliphatic rings. The van der Waals surface area contributed by atoms with Crippen LogP contribution in [0.2, 0.25) is 10.0 Å². The molecule has 0 spiro atoms. The van der Waals surface area contributed by atoms with Gasteiger partial charge >= 0.3 is 0 Å². The van der Waals surface area contributed by atoms with Gasteiger partial charge in [-0.05, 0) is 37.6 Å². The minimum atomic E-state index is -0.706. The Morgan fingerprint density at radius 3 is 2.20 bits per heavy atom. The smallest absolute Gasteiger partial charge is 0.0715 e. The van der Waals surface area contributed by atoms with E-state index in [0.29, 0.717) is 23.1 Å². The number of nitrogens with one attached hydrogen (secondary N) is 1. The van der Waals surface area contributed by atoms with Crippen LogP contribution in [0.3, 0.4) is 0 Å². The van der Waals surface area contributed by atoms with Crippen molar-refractivity contribution in [1.82, 2.24) is 5.32 Å². The van der Waals surface area contributed by atoms with Crippen molar-refractivity contribution < 1.29 is 5.11 Å². The Labute approximate surface area is 100 Å². The Morgan fingerprint density at radius 1 is 1.20 bits per heavy atom. The third kappa shape index (κ3) is 5.38. The summed E-state index contributed by atoms with van der Waals surface area (Å²) in [5.74, 6) is 0. The SMILES string of the molecule is CC(C)(O)CNCc1cc(Cl)cc(Cl)c1. The van der Waals surface area contributed by atoms with Gasteiger partial charge in [0.05, 0.1) is 5.60 Å². The van der Waals surface area contributed by atoms with Gasteiger partial charge in [-0.25, -0.2) is 0 Å². The fourth-order valence-electron chi connectivity index (χ4n) is 1.23. The predicted octanol–water partition coefficient (Wildman–Crippen LogP) is 2.85. The highest BCUT2D eigenvalue weighted by Gasteiger charge is 2.11. The molecule has 0 atom stereocenters. The lowest BCUT2D eigenvalue weighted by Gasteiger charge is -2.17. The van der Waals surface area contributed by atoms with E-state index >= 15 is 0 Å². The number of hydrogen-bond acceptors (Lipinski definition) is 2. The summed E-state index contributed by atoms with van der Waals surface area (Å²) < 4.78 is 0. The summed E-state index contributed by atoms with van der Waals surface area (Å²) in [5, 5.41) is 13.9. The molecule has 0 aromatic heterocycles. The van der Waals surface area contributed by atoms with E-state index in [1.165, 1.54) is 0 Å². The molecule has 4 heteroatoms. The molecule has 0 heterocycles. The van der Waals surface area contributed by atoms with E-state index in [-0.39, 0.29) is 0 Å². The van der Waals surface area contributed by atoms with E-state index in [9.17, 15) is 5.11 Å². The van der Waals surface area contributed by atoms with Crippen molar-refractivity contribution in [3.05, 3.63) is 33.8 Å². The van der Waals surface area contributed by atoms with Crippen molar-refractivity contribution in [2.75, 3.05) is 6.54 Å². The Balaban J connectivity index is 2.51. The summed E-state index contributed by atoms with van der Waals surface area (Å²) in [6, 6.07) is 5.40. The monoisotopic (exact) mass is 247 g/mol. The Morgan fingerprint density at radius 2 is 1.73 bits per heavy atom. The quantitative estimate of drug-likeness (QED) is 0.858. The van der Waals surface area contributed by atoms with E-state index in [0.717, 1.165) is 5.56 Å². The molecule has 0 aliphatic carbocycles. The summed E-state index contributed by atoms with van der Waals surface area (Å²) in [5.41, 5.74) is 0.305. The van der Waals surface area contributed by atoms with Crippen LogP contribution < -0.4 is 5.32 Å². The highest BCUT2D eigenvalue weighted by atomic mass is 35.5. The normalized spacial score (nSPS) is 11.8. The Bertz CT molecular complexity index is 314. The molecule has 2 nitrogen and oxygen atoms in total. The van der Waals surface area contributed by atoms with E-state index in [2.05, 4.69) is 5.32 Å². The molecule has 0 amide bonds. The molecule has 0 radical (unpaired) electrons. The third-order valence-electron chi connectivity index (χ3n) is 1.81. The molecule has 0 unspecified atom stereocenters. The second-order valence-corrected chi connectivity index (χ2v) is 5.07. The lowest BCUT2D eigenvalue weighted by atomic mass is 10.1. The molecule has 0 fully saturated rings. The summed E-state index contributed by atoms with van der Waals surface area (Å²) in [6.07, 6.45) is 0. The molecule has 0 saturated carbocycles. The van der Waals surface area contributed by atoms with Gasteiger partial charge in [-0.3, -0.25) is 0 Å². The maximum atomic E-state index is 9.49. The van der Waals surface area contributed by atoms with Crippen LogP contribution in [-0.2, 0) is 6.54 Å². The largest absolute Gasteiger partial charge is 0.389 e. The zero-order valence-corrected chi connectivity index (χ0v) is 10.4. The zero-order valence-electron chi connectivity index (χ0n) is 8.85. The summed E-state index contributed by atoms with van der Waals surface area (Å²) >= 11 is 11.7. The van der Waals surface area contributed by atoms with Crippen LogP contribution in [0.5, 0.6) is 0 Å². The second-order valence-electron chi connectivity index (χ2n) is 4.19. The fourth-order valence-corrected chi connectivity index (χ4v) is 1.80. The van der Waals surface area contributed by atoms with E-state index in [1.54, 1.807) is 19.9 Å². The predicted molar refractivity (Wildman–Crippen MR) is 64.5 cm³/mol. The minimum Gasteiger partial charge on any atom is -0.389 e. The lowest BCUT2D eigenvalue weighted by Crippen LogP contribution is -2.34. The molecule has 0 bridgehead atoms. The van der Waals surface area contributed by atoms with Crippen molar-refractivity contribution in [1.29, 1.82) is 0 Å². The molecule has 84 valence electrons.